The maximum atomic E-state index is 6.34. The minimum absolute atomic E-state index is 0.129. The molecule has 4 aromatic rings. The SMILES string of the molecule is Cc1ccc(C(OCc2ccccc2)c2ccc(-n3cncn3)cc2)cc1. The van der Waals surface area contributed by atoms with Crippen molar-refractivity contribution in [2.24, 2.45) is 0 Å². The Bertz CT molecular complexity index is 963. The first-order valence-electron chi connectivity index (χ1n) is 8.97. The van der Waals surface area contributed by atoms with E-state index in [9.17, 15) is 0 Å². The van der Waals surface area contributed by atoms with E-state index < -0.39 is 0 Å². The lowest BCUT2D eigenvalue weighted by Crippen LogP contribution is -2.07. The van der Waals surface area contributed by atoms with E-state index in [-0.39, 0.29) is 6.10 Å². The fourth-order valence-electron chi connectivity index (χ4n) is 3.02. The maximum Gasteiger partial charge on any atom is 0.138 e. The fraction of sp³-hybridized carbons (Fsp3) is 0.130. The topological polar surface area (TPSA) is 39.9 Å². The Labute approximate surface area is 159 Å². The van der Waals surface area contributed by atoms with Gasteiger partial charge in [-0.05, 0) is 35.7 Å². The van der Waals surface area contributed by atoms with Crippen molar-refractivity contribution in [3.63, 3.8) is 0 Å². The molecule has 0 N–H and O–H groups in total. The average Bonchev–Trinajstić information content (AvgIpc) is 3.26. The minimum Gasteiger partial charge on any atom is -0.364 e. The van der Waals surface area contributed by atoms with Crippen molar-refractivity contribution in [3.8, 4) is 5.69 Å². The second kappa shape index (κ2) is 7.98. The van der Waals surface area contributed by atoms with Gasteiger partial charge in [0.15, 0.2) is 0 Å². The Morgan fingerprint density at radius 1 is 0.852 bits per heavy atom. The smallest absolute Gasteiger partial charge is 0.138 e. The molecular formula is C23H21N3O. The molecule has 1 unspecified atom stereocenters. The summed E-state index contributed by atoms with van der Waals surface area (Å²) in [7, 11) is 0. The summed E-state index contributed by atoms with van der Waals surface area (Å²) in [5.41, 5.74) is 5.63. The van der Waals surface area contributed by atoms with Gasteiger partial charge >= 0.3 is 0 Å². The fourth-order valence-corrected chi connectivity index (χ4v) is 3.02. The van der Waals surface area contributed by atoms with Gasteiger partial charge in [0.05, 0.1) is 12.3 Å². The highest BCUT2D eigenvalue weighted by molar-refractivity contribution is 5.38. The van der Waals surface area contributed by atoms with Crippen molar-refractivity contribution in [2.45, 2.75) is 19.6 Å². The molecule has 3 aromatic carbocycles. The van der Waals surface area contributed by atoms with Gasteiger partial charge < -0.3 is 4.74 Å². The molecule has 4 nitrogen and oxygen atoms in total. The van der Waals surface area contributed by atoms with Crippen LogP contribution in [0.1, 0.15) is 28.4 Å². The lowest BCUT2D eigenvalue weighted by Gasteiger charge is -2.20. The third-order valence-corrected chi connectivity index (χ3v) is 4.52. The van der Waals surface area contributed by atoms with E-state index >= 15 is 0 Å². The summed E-state index contributed by atoms with van der Waals surface area (Å²) < 4.78 is 8.08. The number of rotatable bonds is 6. The summed E-state index contributed by atoms with van der Waals surface area (Å²) in [6.07, 6.45) is 3.10. The molecule has 134 valence electrons. The van der Waals surface area contributed by atoms with Gasteiger partial charge in [0.25, 0.3) is 0 Å². The number of ether oxygens (including phenoxy) is 1. The van der Waals surface area contributed by atoms with Gasteiger partial charge in [0, 0.05) is 0 Å². The Kier molecular flexibility index (Phi) is 5.08. The third kappa shape index (κ3) is 4.13. The van der Waals surface area contributed by atoms with Crippen molar-refractivity contribution < 1.29 is 4.74 Å². The molecule has 4 heteroatoms. The first-order valence-corrected chi connectivity index (χ1v) is 8.97. The van der Waals surface area contributed by atoms with E-state index in [1.54, 1.807) is 11.0 Å². The van der Waals surface area contributed by atoms with Crippen molar-refractivity contribution >= 4 is 0 Å². The van der Waals surface area contributed by atoms with E-state index in [0.717, 1.165) is 22.4 Å². The lowest BCUT2D eigenvalue weighted by atomic mass is 10.00. The first kappa shape index (κ1) is 17.2. The molecule has 1 aromatic heterocycles. The monoisotopic (exact) mass is 355 g/mol. The number of hydrogen-bond donors (Lipinski definition) is 0. The number of nitrogens with zero attached hydrogens (tertiary/aromatic N) is 3. The Balaban J connectivity index is 1.61. The summed E-state index contributed by atoms with van der Waals surface area (Å²) in [4.78, 5) is 4.00. The van der Waals surface area contributed by atoms with Crippen molar-refractivity contribution in [3.05, 3.63) is 114 Å². The van der Waals surface area contributed by atoms with Gasteiger partial charge in [-0.2, -0.15) is 5.10 Å². The van der Waals surface area contributed by atoms with E-state index in [1.165, 1.54) is 11.9 Å². The van der Waals surface area contributed by atoms with Crippen LogP contribution in [0, 0.1) is 6.92 Å². The standard InChI is InChI=1S/C23H21N3O/c1-18-7-9-20(10-8-18)23(27-15-19-5-3-2-4-6-19)21-11-13-22(14-12-21)26-17-24-16-25-26/h2-14,16-17,23H,15H2,1H3. The zero-order valence-electron chi connectivity index (χ0n) is 15.2. The molecule has 0 bridgehead atoms. The molecule has 0 aliphatic heterocycles. The van der Waals surface area contributed by atoms with E-state index in [0.29, 0.717) is 6.61 Å². The van der Waals surface area contributed by atoms with Crippen molar-refractivity contribution in [1.29, 1.82) is 0 Å². The van der Waals surface area contributed by atoms with E-state index in [4.69, 9.17) is 4.74 Å². The summed E-state index contributed by atoms with van der Waals surface area (Å²) >= 11 is 0. The molecule has 1 atom stereocenters. The average molecular weight is 355 g/mol. The zero-order chi connectivity index (χ0) is 18.5. The molecule has 4 rings (SSSR count). The Morgan fingerprint density at radius 2 is 1.52 bits per heavy atom. The highest BCUT2D eigenvalue weighted by Crippen LogP contribution is 2.28. The van der Waals surface area contributed by atoms with Crippen LogP contribution in [0.3, 0.4) is 0 Å². The van der Waals surface area contributed by atoms with Gasteiger partial charge in [0.1, 0.15) is 18.8 Å². The first-order chi connectivity index (χ1) is 13.3. The quantitative estimate of drug-likeness (QED) is 0.495. The molecule has 27 heavy (non-hydrogen) atoms. The van der Waals surface area contributed by atoms with Crippen molar-refractivity contribution in [1.82, 2.24) is 14.8 Å². The largest absolute Gasteiger partial charge is 0.364 e. The Hall–Kier alpha value is -3.24. The highest BCUT2D eigenvalue weighted by atomic mass is 16.5. The number of hydrogen-bond acceptors (Lipinski definition) is 3. The van der Waals surface area contributed by atoms with Gasteiger partial charge in [-0.1, -0.05) is 72.3 Å². The molecule has 0 saturated heterocycles. The normalized spacial score (nSPS) is 12.0. The lowest BCUT2D eigenvalue weighted by molar-refractivity contribution is 0.0667. The molecule has 0 aliphatic carbocycles. The van der Waals surface area contributed by atoms with Crippen LogP contribution in [-0.4, -0.2) is 14.8 Å². The summed E-state index contributed by atoms with van der Waals surface area (Å²) in [6, 6.07) is 27.0. The number of aryl methyl sites for hydroxylation is 1. The second-order valence-electron chi connectivity index (χ2n) is 6.52. The van der Waals surface area contributed by atoms with E-state index in [2.05, 4.69) is 65.5 Å². The summed E-state index contributed by atoms with van der Waals surface area (Å²) in [5.74, 6) is 0. The van der Waals surface area contributed by atoms with Crippen LogP contribution in [0.5, 0.6) is 0 Å². The minimum atomic E-state index is -0.129. The van der Waals surface area contributed by atoms with Crippen LogP contribution in [0.2, 0.25) is 0 Å². The highest BCUT2D eigenvalue weighted by Gasteiger charge is 2.15. The molecular weight excluding hydrogens is 334 g/mol. The maximum absolute atomic E-state index is 6.34. The summed E-state index contributed by atoms with van der Waals surface area (Å²) in [6.45, 7) is 2.65. The molecule has 0 aliphatic rings. The molecule has 0 saturated carbocycles. The van der Waals surface area contributed by atoms with Gasteiger partial charge in [-0.3, -0.25) is 0 Å². The predicted octanol–water partition coefficient (Wildman–Crippen LogP) is 4.88. The third-order valence-electron chi connectivity index (χ3n) is 4.52. The summed E-state index contributed by atoms with van der Waals surface area (Å²) in [5, 5.41) is 4.18. The zero-order valence-corrected chi connectivity index (χ0v) is 15.2. The van der Waals surface area contributed by atoms with Crippen LogP contribution in [-0.2, 0) is 11.3 Å². The molecule has 0 fully saturated rings. The van der Waals surface area contributed by atoms with E-state index in [1.807, 2.05) is 30.3 Å². The van der Waals surface area contributed by atoms with Crippen LogP contribution < -0.4 is 0 Å². The number of benzene rings is 3. The van der Waals surface area contributed by atoms with Gasteiger partial charge in [-0.15, -0.1) is 0 Å². The van der Waals surface area contributed by atoms with Crippen molar-refractivity contribution in [2.75, 3.05) is 0 Å². The van der Waals surface area contributed by atoms with Gasteiger partial charge in [-0.25, -0.2) is 9.67 Å². The second-order valence-corrected chi connectivity index (χ2v) is 6.52. The molecule has 1 heterocycles. The van der Waals surface area contributed by atoms with Crippen LogP contribution in [0.15, 0.2) is 91.5 Å². The molecule has 0 radical (unpaired) electrons. The molecule has 0 spiro atoms. The molecule has 0 amide bonds. The Morgan fingerprint density at radius 3 is 2.15 bits per heavy atom. The van der Waals surface area contributed by atoms with Crippen LogP contribution >= 0.6 is 0 Å². The van der Waals surface area contributed by atoms with Crippen LogP contribution in [0.4, 0.5) is 0 Å². The predicted molar refractivity (Wildman–Crippen MR) is 106 cm³/mol. The van der Waals surface area contributed by atoms with Crippen LogP contribution in [0.25, 0.3) is 5.69 Å². The van der Waals surface area contributed by atoms with Gasteiger partial charge in [0.2, 0.25) is 0 Å². The number of aromatic nitrogens is 3.